The maximum atomic E-state index is 8.63. The van der Waals surface area contributed by atoms with Crippen LogP contribution in [0.2, 0.25) is 0 Å². The van der Waals surface area contributed by atoms with E-state index in [1.165, 1.54) is 6.42 Å². The van der Waals surface area contributed by atoms with E-state index in [2.05, 4.69) is 26.9 Å². The van der Waals surface area contributed by atoms with Crippen molar-refractivity contribution >= 4 is 11.8 Å². The molecule has 1 saturated heterocycles. The summed E-state index contributed by atoms with van der Waals surface area (Å²) in [7, 11) is 0. The van der Waals surface area contributed by atoms with E-state index in [0.29, 0.717) is 17.7 Å². The summed E-state index contributed by atoms with van der Waals surface area (Å²) in [6, 6.07) is 2.07. The first-order chi connectivity index (χ1) is 8.22. The largest absolute Gasteiger partial charge is 0.409 e. The topological polar surface area (TPSA) is 87.6 Å². The number of amidine groups is 1. The maximum absolute atomic E-state index is 8.63. The third-order valence-electron chi connectivity index (χ3n) is 3.07. The van der Waals surface area contributed by atoms with Crippen LogP contribution in [-0.2, 0) is 0 Å². The second-order valence-electron chi connectivity index (χ2n) is 4.27. The van der Waals surface area contributed by atoms with E-state index in [1.54, 1.807) is 12.3 Å². The normalized spacial score (nSPS) is 21.6. The van der Waals surface area contributed by atoms with Crippen LogP contribution in [0.1, 0.15) is 31.9 Å². The number of hydrogen-bond donors (Lipinski definition) is 2. The van der Waals surface area contributed by atoms with Crippen LogP contribution in [0.3, 0.4) is 0 Å². The van der Waals surface area contributed by atoms with Crippen LogP contribution in [0.15, 0.2) is 17.4 Å². The van der Waals surface area contributed by atoms with Gasteiger partial charge >= 0.3 is 0 Å². The summed E-state index contributed by atoms with van der Waals surface area (Å²) in [5, 5.41) is 11.6. The molecule has 6 heteroatoms. The fourth-order valence-corrected chi connectivity index (χ4v) is 2.08. The van der Waals surface area contributed by atoms with E-state index in [-0.39, 0.29) is 5.84 Å². The molecule has 0 amide bonds. The number of nitrogens with two attached hydrogens (primary N) is 1. The molecule has 0 bridgehead atoms. The van der Waals surface area contributed by atoms with Crippen LogP contribution in [-0.4, -0.2) is 33.6 Å². The summed E-state index contributed by atoms with van der Waals surface area (Å²) in [6.45, 7) is 3.12. The van der Waals surface area contributed by atoms with Crippen molar-refractivity contribution < 1.29 is 5.21 Å². The van der Waals surface area contributed by atoms with E-state index >= 15 is 0 Å². The molecule has 1 fully saturated rings. The van der Waals surface area contributed by atoms with Gasteiger partial charge in [-0.1, -0.05) is 5.16 Å². The number of rotatable bonds is 2. The first-order valence-electron chi connectivity index (χ1n) is 5.80. The minimum Gasteiger partial charge on any atom is -0.409 e. The van der Waals surface area contributed by atoms with Crippen molar-refractivity contribution in [3.63, 3.8) is 0 Å². The average Bonchev–Trinajstić information content (AvgIpc) is 2.38. The Balaban J connectivity index is 2.26. The van der Waals surface area contributed by atoms with Gasteiger partial charge in [-0.3, -0.25) is 0 Å². The van der Waals surface area contributed by atoms with Crippen molar-refractivity contribution in [2.45, 2.75) is 32.2 Å². The summed E-state index contributed by atoms with van der Waals surface area (Å²) < 4.78 is 0. The van der Waals surface area contributed by atoms with Crippen molar-refractivity contribution in [1.29, 1.82) is 0 Å². The van der Waals surface area contributed by atoms with E-state index in [0.717, 1.165) is 19.4 Å². The van der Waals surface area contributed by atoms with Crippen molar-refractivity contribution in [2.24, 2.45) is 10.9 Å². The average molecular weight is 235 g/mol. The predicted molar refractivity (Wildman–Crippen MR) is 65.2 cm³/mol. The Morgan fingerprint density at radius 3 is 3.12 bits per heavy atom. The van der Waals surface area contributed by atoms with Gasteiger partial charge in [0, 0.05) is 18.8 Å². The molecule has 0 spiro atoms. The van der Waals surface area contributed by atoms with Gasteiger partial charge in [0.2, 0.25) is 5.95 Å². The minimum absolute atomic E-state index is 0.0123. The van der Waals surface area contributed by atoms with E-state index in [9.17, 15) is 0 Å². The van der Waals surface area contributed by atoms with E-state index in [1.807, 2.05) is 0 Å². The van der Waals surface area contributed by atoms with Gasteiger partial charge in [-0.2, -0.15) is 0 Å². The molecule has 1 unspecified atom stereocenters. The molecule has 0 aliphatic carbocycles. The van der Waals surface area contributed by atoms with Gasteiger partial charge in [0.25, 0.3) is 0 Å². The lowest BCUT2D eigenvalue weighted by Crippen LogP contribution is -2.38. The summed E-state index contributed by atoms with van der Waals surface area (Å²) in [6.07, 6.45) is 5.19. The Morgan fingerprint density at radius 1 is 1.59 bits per heavy atom. The third-order valence-corrected chi connectivity index (χ3v) is 3.07. The van der Waals surface area contributed by atoms with Gasteiger partial charge in [0.05, 0.1) is 0 Å². The molecular formula is C11H17N5O. The van der Waals surface area contributed by atoms with Gasteiger partial charge in [-0.05, 0) is 32.3 Å². The van der Waals surface area contributed by atoms with Crippen molar-refractivity contribution in [1.82, 2.24) is 9.97 Å². The van der Waals surface area contributed by atoms with Gasteiger partial charge in [0.15, 0.2) is 5.84 Å². The number of nitrogens with zero attached hydrogens (tertiary/aromatic N) is 4. The molecule has 92 valence electrons. The Hall–Kier alpha value is -1.85. The lowest BCUT2D eigenvalue weighted by Gasteiger charge is -2.33. The monoisotopic (exact) mass is 235 g/mol. The molecule has 1 atom stereocenters. The van der Waals surface area contributed by atoms with Gasteiger partial charge in [0.1, 0.15) is 5.69 Å². The second-order valence-corrected chi connectivity index (χ2v) is 4.27. The summed E-state index contributed by atoms with van der Waals surface area (Å²) in [4.78, 5) is 10.7. The number of aromatic nitrogens is 2. The summed E-state index contributed by atoms with van der Waals surface area (Å²) >= 11 is 0. The van der Waals surface area contributed by atoms with Crippen molar-refractivity contribution in [3.8, 4) is 0 Å². The zero-order chi connectivity index (χ0) is 12.3. The number of hydrogen-bond acceptors (Lipinski definition) is 5. The lowest BCUT2D eigenvalue weighted by molar-refractivity contribution is 0.318. The predicted octanol–water partition coefficient (Wildman–Crippen LogP) is 0.950. The Labute approximate surface area is 100 Å². The van der Waals surface area contributed by atoms with Crippen molar-refractivity contribution in [3.05, 3.63) is 18.0 Å². The van der Waals surface area contributed by atoms with Gasteiger partial charge in [-0.25, -0.2) is 9.97 Å². The Morgan fingerprint density at radius 2 is 2.41 bits per heavy atom. The molecule has 1 aromatic rings. The van der Waals surface area contributed by atoms with Crippen LogP contribution >= 0.6 is 0 Å². The quantitative estimate of drug-likeness (QED) is 0.345. The van der Waals surface area contributed by atoms with Crippen LogP contribution in [0.25, 0.3) is 0 Å². The molecule has 3 N–H and O–H groups in total. The first-order valence-corrected chi connectivity index (χ1v) is 5.80. The van der Waals surface area contributed by atoms with Crippen LogP contribution in [0.5, 0.6) is 0 Å². The molecule has 6 nitrogen and oxygen atoms in total. The van der Waals surface area contributed by atoms with Gasteiger partial charge < -0.3 is 15.8 Å². The maximum Gasteiger partial charge on any atom is 0.226 e. The summed E-state index contributed by atoms with van der Waals surface area (Å²) in [5.74, 6) is 0.666. The molecule has 1 aromatic heterocycles. The zero-order valence-corrected chi connectivity index (χ0v) is 9.87. The van der Waals surface area contributed by atoms with E-state index < -0.39 is 0 Å². The van der Waals surface area contributed by atoms with Crippen LogP contribution < -0.4 is 10.6 Å². The summed E-state index contributed by atoms with van der Waals surface area (Å²) in [5.41, 5.74) is 5.97. The third kappa shape index (κ3) is 2.46. The molecule has 17 heavy (non-hydrogen) atoms. The molecule has 2 heterocycles. The van der Waals surface area contributed by atoms with Crippen molar-refractivity contribution in [2.75, 3.05) is 11.4 Å². The van der Waals surface area contributed by atoms with Gasteiger partial charge in [-0.15, -0.1) is 0 Å². The number of oxime groups is 1. The highest BCUT2D eigenvalue weighted by atomic mass is 16.4. The Kier molecular flexibility index (Phi) is 3.41. The minimum atomic E-state index is 0.0123. The molecule has 1 aliphatic heterocycles. The molecule has 2 rings (SSSR count). The standard InChI is InChI=1S/C11H17N5O/c1-8-4-2-3-7-16(8)11-13-6-5-9(14-11)10(12)15-17/h5-6,8,17H,2-4,7H2,1H3,(H2,12,15). The highest BCUT2D eigenvalue weighted by Crippen LogP contribution is 2.21. The molecule has 1 aliphatic rings. The number of piperidine rings is 1. The van der Waals surface area contributed by atoms with Crippen LogP contribution in [0, 0.1) is 0 Å². The SMILES string of the molecule is CC1CCCCN1c1nccc(/C(N)=N/O)n1. The molecule has 0 saturated carbocycles. The number of anilines is 1. The second kappa shape index (κ2) is 4.99. The molecule has 0 aromatic carbocycles. The lowest BCUT2D eigenvalue weighted by atomic mass is 10.0. The molecule has 0 radical (unpaired) electrons. The van der Waals surface area contributed by atoms with E-state index in [4.69, 9.17) is 10.9 Å². The van der Waals surface area contributed by atoms with Crippen LogP contribution in [0.4, 0.5) is 5.95 Å². The zero-order valence-electron chi connectivity index (χ0n) is 9.87. The first kappa shape index (κ1) is 11.6. The molecular weight excluding hydrogens is 218 g/mol. The fourth-order valence-electron chi connectivity index (χ4n) is 2.08. The Bertz CT molecular complexity index is 420. The smallest absolute Gasteiger partial charge is 0.226 e. The highest BCUT2D eigenvalue weighted by Gasteiger charge is 2.21. The fraction of sp³-hybridized carbons (Fsp3) is 0.545. The highest BCUT2D eigenvalue weighted by molar-refractivity contribution is 5.95.